The summed E-state index contributed by atoms with van der Waals surface area (Å²) in [5.74, 6) is 0. The molecule has 0 amide bonds. The lowest BCUT2D eigenvalue weighted by molar-refractivity contribution is 0.427. The zero-order chi connectivity index (χ0) is 12.3. The van der Waals surface area contributed by atoms with Gasteiger partial charge in [0.15, 0.2) is 0 Å². The Morgan fingerprint density at radius 2 is 1.88 bits per heavy atom. The zero-order valence-electron chi connectivity index (χ0n) is 9.94. The van der Waals surface area contributed by atoms with Gasteiger partial charge in [0.2, 0.25) is 10.0 Å². The van der Waals surface area contributed by atoms with Crippen molar-refractivity contribution in [2.45, 2.75) is 30.7 Å². The molecule has 4 nitrogen and oxygen atoms in total. The Balaban J connectivity index is 2.16. The first-order valence-corrected chi connectivity index (χ1v) is 7.36. The van der Waals surface area contributed by atoms with Crippen molar-refractivity contribution >= 4 is 10.0 Å². The lowest BCUT2D eigenvalue weighted by Crippen LogP contribution is -2.42. The first-order valence-electron chi connectivity index (χ1n) is 5.88. The first-order chi connectivity index (χ1) is 8.09. The average Bonchev–Trinajstić information content (AvgIpc) is 2.30. The highest BCUT2D eigenvalue weighted by Gasteiger charge is 2.22. The molecule has 0 unspecified atom stereocenters. The Kier molecular flexibility index (Phi) is 3.81. The maximum Gasteiger partial charge on any atom is 0.241 e. The van der Waals surface area contributed by atoms with E-state index in [2.05, 4.69) is 10.0 Å². The molecule has 0 atom stereocenters. The van der Waals surface area contributed by atoms with Crippen molar-refractivity contribution in [3.05, 3.63) is 29.8 Å². The van der Waals surface area contributed by atoms with Gasteiger partial charge in [0.05, 0.1) is 4.90 Å². The highest BCUT2D eigenvalue weighted by molar-refractivity contribution is 7.89. The lowest BCUT2D eigenvalue weighted by atomic mass is 10.1. The third-order valence-electron chi connectivity index (χ3n) is 3.04. The van der Waals surface area contributed by atoms with Gasteiger partial charge in [-0.1, -0.05) is 18.2 Å². The van der Waals surface area contributed by atoms with Gasteiger partial charge in [-0.2, -0.15) is 0 Å². The zero-order valence-corrected chi connectivity index (χ0v) is 10.8. The van der Waals surface area contributed by atoms with Crippen LogP contribution in [0.25, 0.3) is 0 Å². The van der Waals surface area contributed by atoms with Gasteiger partial charge in [0.25, 0.3) is 0 Å². The van der Waals surface area contributed by atoms with Crippen LogP contribution in [0.3, 0.4) is 0 Å². The molecule has 1 aromatic carbocycles. The molecule has 0 radical (unpaired) electrons. The first kappa shape index (κ1) is 12.5. The monoisotopic (exact) mass is 254 g/mol. The maximum absolute atomic E-state index is 12.2. The number of hydrogen-bond acceptors (Lipinski definition) is 3. The van der Waals surface area contributed by atoms with Crippen LogP contribution >= 0.6 is 0 Å². The predicted molar refractivity (Wildman–Crippen MR) is 67.4 cm³/mol. The van der Waals surface area contributed by atoms with Gasteiger partial charge in [-0.25, -0.2) is 13.1 Å². The third-order valence-corrected chi connectivity index (χ3v) is 4.72. The van der Waals surface area contributed by atoms with Gasteiger partial charge in [0, 0.05) is 6.04 Å². The van der Waals surface area contributed by atoms with Crippen LogP contribution < -0.4 is 10.0 Å². The summed E-state index contributed by atoms with van der Waals surface area (Å²) in [4.78, 5) is 0.388. The smallest absolute Gasteiger partial charge is 0.241 e. The fraction of sp³-hybridized carbons (Fsp3) is 0.500. The molecule has 5 heteroatoms. The minimum atomic E-state index is -3.37. The van der Waals surface area contributed by atoms with Crippen LogP contribution in [0.5, 0.6) is 0 Å². The molecule has 1 fully saturated rings. The Bertz CT molecular complexity index is 479. The largest absolute Gasteiger partial charge is 0.317 e. The summed E-state index contributed by atoms with van der Waals surface area (Å²) in [6.45, 7) is 3.57. The molecule has 0 spiro atoms. The number of aryl methyl sites for hydroxylation is 1. The van der Waals surface area contributed by atoms with E-state index in [0.29, 0.717) is 4.90 Å². The van der Waals surface area contributed by atoms with E-state index in [0.717, 1.165) is 31.5 Å². The SMILES string of the molecule is Cc1ccccc1S(=O)(=O)NC1CCNCC1. The summed E-state index contributed by atoms with van der Waals surface area (Å²) in [6.07, 6.45) is 1.70. The van der Waals surface area contributed by atoms with E-state index in [9.17, 15) is 8.42 Å². The van der Waals surface area contributed by atoms with Crippen LogP contribution in [0.15, 0.2) is 29.2 Å². The van der Waals surface area contributed by atoms with Crippen molar-refractivity contribution in [1.82, 2.24) is 10.0 Å². The van der Waals surface area contributed by atoms with Gasteiger partial charge < -0.3 is 5.32 Å². The van der Waals surface area contributed by atoms with Crippen LogP contribution in [-0.2, 0) is 10.0 Å². The van der Waals surface area contributed by atoms with E-state index in [4.69, 9.17) is 0 Å². The second-order valence-electron chi connectivity index (χ2n) is 4.41. The molecular weight excluding hydrogens is 236 g/mol. The van der Waals surface area contributed by atoms with E-state index < -0.39 is 10.0 Å². The van der Waals surface area contributed by atoms with Crippen LogP contribution in [0.4, 0.5) is 0 Å². The Morgan fingerprint density at radius 1 is 1.24 bits per heavy atom. The van der Waals surface area contributed by atoms with Crippen molar-refractivity contribution in [1.29, 1.82) is 0 Å². The summed E-state index contributed by atoms with van der Waals surface area (Å²) < 4.78 is 27.2. The number of rotatable bonds is 3. The molecule has 0 aromatic heterocycles. The standard InChI is InChI=1S/C12H18N2O2S/c1-10-4-2-3-5-12(10)17(15,16)14-11-6-8-13-9-7-11/h2-5,11,13-14H,6-9H2,1H3. The number of hydrogen-bond donors (Lipinski definition) is 2. The number of sulfonamides is 1. The molecule has 0 bridgehead atoms. The van der Waals surface area contributed by atoms with Gasteiger partial charge in [-0.3, -0.25) is 0 Å². The second-order valence-corrected chi connectivity index (χ2v) is 6.09. The molecule has 1 aromatic rings. The van der Waals surface area contributed by atoms with Crippen LogP contribution in [-0.4, -0.2) is 27.5 Å². The predicted octanol–water partition coefficient (Wildman–Crippen LogP) is 1.03. The normalized spacial score (nSPS) is 18.2. The average molecular weight is 254 g/mol. The molecule has 1 heterocycles. The molecule has 94 valence electrons. The molecule has 0 aliphatic carbocycles. The highest BCUT2D eigenvalue weighted by atomic mass is 32.2. The van der Waals surface area contributed by atoms with Crippen LogP contribution in [0.1, 0.15) is 18.4 Å². The Morgan fingerprint density at radius 3 is 2.53 bits per heavy atom. The van der Waals surface area contributed by atoms with Gasteiger partial charge in [0.1, 0.15) is 0 Å². The number of piperidine rings is 1. The van der Waals surface area contributed by atoms with Crippen LogP contribution in [0, 0.1) is 6.92 Å². The highest BCUT2D eigenvalue weighted by Crippen LogP contribution is 2.15. The fourth-order valence-corrected chi connectivity index (χ4v) is 3.63. The lowest BCUT2D eigenvalue weighted by Gasteiger charge is -2.23. The molecule has 2 rings (SSSR count). The maximum atomic E-state index is 12.2. The van der Waals surface area contributed by atoms with Crippen molar-refractivity contribution in [3.63, 3.8) is 0 Å². The van der Waals surface area contributed by atoms with E-state index in [1.807, 2.05) is 19.1 Å². The molecule has 0 saturated carbocycles. The summed E-state index contributed by atoms with van der Waals surface area (Å²) in [7, 11) is -3.37. The molecule has 1 aliphatic rings. The Hall–Kier alpha value is -0.910. The molecule has 1 saturated heterocycles. The summed E-state index contributed by atoms with van der Waals surface area (Å²) in [5.41, 5.74) is 0.786. The van der Waals surface area contributed by atoms with Gasteiger partial charge >= 0.3 is 0 Å². The molecule has 2 N–H and O–H groups in total. The molecular formula is C12H18N2O2S. The topological polar surface area (TPSA) is 58.2 Å². The van der Waals surface area contributed by atoms with Crippen molar-refractivity contribution < 1.29 is 8.42 Å². The fourth-order valence-electron chi connectivity index (χ4n) is 2.08. The van der Waals surface area contributed by atoms with Crippen molar-refractivity contribution in [2.24, 2.45) is 0 Å². The van der Waals surface area contributed by atoms with E-state index in [-0.39, 0.29) is 6.04 Å². The minimum Gasteiger partial charge on any atom is -0.317 e. The van der Waals surface area contributed by atoms with E-state index >= 15 is 0 Å². The van der Waals surface area contributed by atoms with E-state index in [1.165, 1.54) is 0 Å². The second kappa shape index (κ2) is 5.16. The van der Waals surface area contributed by atoms with Crippen molar-refractivity contribution in [3.8, 4) is 0 Å². The summed E-state index contributed by atoms with van der Waals surface area (Å²) in [5, 5.41) is 3.22. The Labute approximate surface area is 102 Å². The summed E-state index contributed by atoms with van der Waals surface area (Å²) in [6, 6.07) is 7.12. The van der Waals surface area contributed by atoms with Crippen LogP contribution in [0.2, 0.25) is 0 Å². The van der Waals surface area contributed by atoms with Gasteiger partial charge in [-0.05, 0) is 44.5 Å². The van der Waals surface area contributed by atoms with Gasteiger partial charge in [-0.15, -0.1) is 0 Å². The van der Waals surface area contributed by atoms with E-state index in [1.54, 1.807) is 12.1 Å². The number of benzene rings is 1. The number of nitrogens with one attached hydrogen (secondary N) is 2. The summed E-state index contributed by atoms with van der Waals surface area (Å²) >= 11 is 0. The third kappa shape index (κ3) is 3.06. The van der Waals surface area contributed by atoms with Crippen molar-refractivity contribution in [2.75, 3.05) is 13.1 Å². The molecule has 1 aliphatic heterocycles. The minimum absolute atomic E-state index is 0.0563. The quantitative estimate of drug-likeness (QED) is 0.847. The molecule has 17 heavy (non-hydrogen) atoms.